The fourth-order valence-electron chi connectivity index (χ4n) is 3.08. The monoisotopic (exact) mass is 412 g/mol. The molecule has 0 rings (SSSR count). The summed E-state index contributed by atoms with van der Waals surface area (Å²) in [4.78, 5) is 0. The molecule has 0 heterocycles. The topological polar surface area (TPSA) is 69.9 Å². The Hall–Kier alpha value is -0.580. The molecule has 0 bridgehead atoms. The highest BCUT2D eigenvalue weighted by atomic mass is 19.4. The summed E-state index contributed by atoms with van der Waals surface area (Å²) in [7, 11) is 0. The first-order chi connectivity index (χ1) is 12.4. The zero-order valence-electron chi connectivity index (χ0n) is 15.5. The van der Waals surface area contributed by atoms with Crippen molar-refractivity contribution in [3.63, 3.8) is 0 Å². The van der Waals surface area contributed by atoms with Crippen molar-refractivity contribution < 1.29 is 46.4 Å². The predicted octanol–water partition coefficient (Wildman–Crippen LogP) is 3.83. The number of alkyl halides is 6. The lowest BCUT2D eigenvalue weighted by molar-refractivity contribution is -0.175. The number of aliphatic hydroxyl groups excluding tert-OH is 3. The van der Waals surface area contributed by atoms with Gasteiger partial charge in [-0.25, -0.2) is 0 Å². The van der Waals surface area contributed by atoms with Crippen LogP contribution in [0.25, 0.3) is 0 Å². The van der Waals surface area contributed by atoms with Crippen LogP contribution in [0.5, 0.6) is 0 Å². The fraction of sp³-hybridized carbons (Fsp3) is 1.00. The van der Waals surface area contributed by atoms with E-state index >= 15 is 0 Å². The Morgan fingerprint density at radius 1 is 0.704 bits per heavy atom. The van der Waals surface area contributed by atoms with Gasteiger partial charge >= 0.3 is 12.4 Å². The van der Waals surface area contributed by atoms with Crippen molar-refractivity contribution in [2.45, 2.75) is 64.2 Å². The molecule has 0 radical (unpaired) electrons. The summed E-state index contributed by atoms with van der Waals surface area (Å²) < 4.78 is 80.7. The highest BCUT2D eigenvalue weighted by Crippen LogP contribution is 2.38. The molecule has 0 aliphatic rings. The van der Waals surface area contributed by atoms with Crippen molar-refractivity contribution in [1.29, 1.82) is 0 Å². The Labute approximate surface area is 155 Å². The first-order valence-electron chi connectivity index (χ1n) is 8.90. The molecule has 0 aliphatic carbocycles. The lowest BCUT2D eigenvalue weighted by Crippen LogP contribution is -2.36. The van der Waals surface area contributed by atoms with Crippen molar-refractivity contribution in [3.8, 4) is 0 Å². The van der Waals surface area contributed by atoms with E-state index in [2.05, 4.69) is 0 Å². The van der Waals surface area contributed by atoms with Crippen LogP contribution in [-0.2, 0) is 4.74 Å². The molecule has 0 saturated carbocycles. The number of halogens is 6. The molecule has 0 aliphatic heterocycles. The molecular formula is C17H30F6O4. The van der Waals surface area contributed by atoms with Crippen molar-refractivity contribution in [2.24, 2.45) is 10.8 Å². The molecule has 0 amide bonds. The van der Waals surface area contributed by atoms with Crippen molar-refractivity contribution in [3.05, 3.63) is 0 Å². The standard InChI is InChI=1S/C17H30F6O4/c1-2-4-15(12-26,9-17(21,22)23)13-27-8-3-5-14(10-24,11-25)6-7-16(18,19)20/h24-26H,2-13H2,1H3. The molecule has 0 aromatic carbocycles. The van der Waals surface area contributed by atoms with E-state index in [4.69, 9.17) is 4.74 Å². The number of rotatable bonds is 14. The van der Waals surface area contributed by atoms with Gasteiger partial charge in [0.15, 0.2) is 0 Å². The average Bonchev–Trinajstić information content (AvgIpc) is 2.55. The van der Waals surface area contributed by atoms with Gasteiger partial charge in [-0.2, -0.15) is 26.3 Å². The van der Waals surface area contributed by atoms with Crippen LogP contribution < -0.4 is 0 Å². The quantitative estimate of drug-likeness (QED) is 0.300. The van der Waals surface area contributed by atoms with E-state index in [1.54, 1.807) is 6.92 Å². The number of hydrogen-bond donors (Lipinski definition) is 3. The predicted molar refractivity (Wildman–Crippen MR) is 87.0 cm³/mol. The van der Waals surface area contributed by atoms with Gasteiger partial charge in [-0.1, -0.05) is 13.3 Å². The van der Waals surface area contributed by atoms with Crippen molar-refractivity contribution in [2.75, 3.05) is 33.0 Å². The third kappa shape index (κ3) is 11.1. The minimum atomic E-state index is -4.46. The summed E-state index contributed by atoms with van der Waals surface area (Å²) in [6.45, 7) is -0.642. The van der Waals surface area contributed by atoms with Gasteiger partial charge in [0.25, 0.3) is 0 Å². The van der Waals surface area contributed by atoms with Crippen LogP contribution in [0, 0.1) is 10.8 Å². The Bertz CT molecular complexity index is 396. The van der Waals surface area contributed by atoms with Crippen molar-refractivity contribution in [1.82, 2.24) is 0 Å². The molecule has 27 heavy (non-hydrogen) atoms. The molecule has 0 aromatic rings. The molecule has 0 fully saturated rings. The van der Waals surface area contributed by atoms with Crippen LogP contribution in [0.2, 0.25) is 0 Å². The summed E-state index contributed by atoms with van der Waals surface area (Å²) in [6.07, 6.45) is -10.9. The van der Waals surface area contributed by atoms with Gasteiger partial charge in [-0.3, -0.25) is 0 Å². The van der Waals surface area contributed by atoms with E-state index in [0.717, 1.165) is 0 Å². The van der Waals surface area contributed by atoms with Crippen LogP contribution in [-0.4, -0.2) is 60.7 Å². The fourth-order valence-corrected chi connectivity index (χ4v) is 3.08. The summed E-state index contributed by atoms with van der Waals surface area (Å²) in [5.41, 5.74) is -2.77. The smallest absolute Gasteiger partial charge is 0.389 e. The SMILES string of the molecule is CCCC(CO)(COCCCC(CO)(CO)CCC(F)(F)F)CC(F)(F)F. The van der Waals surface area contributed by atoms with Crippen molar-refractivity contribution >= 4 is 0 Å². The van der Waals surface area contributed by atoms with Crippen LogP contribution in [0.4, 0.5) is 26.3 Å². The van der Waals surface area contributed by atoms with Crippen LogP contribution >= 0.6 is 0 Å². The van der Waals surface area contributed by atoms with Crippen LogP contribution in [0.3, 0.4) is 0 Å². The lowest BCUT2D eigenvalue weighted by atomic mass is 9.80. The Kier molecular flexibility index (Phi) is 11.2. The molecule has 4 nitrogen and oxygen atoms in total. The van der Waals surface area contributed by atoms with Gasteiger partial charge in [-0.15, -0.1) is 0 Å². The third-order valence-corrected chi connectivity index (χ3v) is 4.70. The summed E-state index contributed by atoms with van der Waals surface area (Å²) in [5, 5.41) is 28.2. The molecule has 1 unspecified atom stereocenters. The zero-order chi connectivity index (χ0) is 21.2. The molecule has 164 valence electrons. The van der Waals surface area contributed by atoms with Gasteiger partial charge in [0.1, 0.15) is 0 Å². The first-order valence-corrected chi connectivity index (χ1v) is 8.90. The zero-order valence-corrected chi connectivity index (χ0v) is 15.5. The van der Waals surface area contributed by atoms with E-state index in [1.165, 1.54) is 0 Å². The van der Waals surface area contributed by atoms with E-state index in [-0.39, 0.29) is 32.5 Å². The average molecular weight is 412 g/mol. The summed E-state index contributed by atoms with van der Waals surface area (Å²) >= 11 is 0. The van der Waals surface area contributed by atoms with E-state index < -0.39 is 62.3 Å². The van der Waals surface area contributed by atoms with E-state index in [1.807, 2.05) is 0 Å². The van der Waals surface area contributed by atoms with E-state index in [0.29, 0.717) is 6.42 Å². The maximum absolute atomic E-state index is 12.8. The van der Waals surface area contributed by atoms with Gasteiger partial charge in [0.05, 0.1) is 32.8 Å². The maximum atomic E-state index is 12.8. The number of hydrogen-bond acceptors (Lipinski definition) is 4. The Balaban J connectivity index is 4.60. The van der Waals surface area contributed by atoms with Gasteiger partial charge < -0.3 is 20.1 Å². The van der Waals surface area contributed by atoms with Gasteiger partial charge in [-0.05, 0) is 25.7 Å². The summed E-state index contributed by atoms with van der Waals surface area (Å²) in [6, 6.07) is 0. The third-order valence-electron chi connectivity index (χ3n) is 4.70. The maximum Gasteiger partial charge on any atom is 0.389 e. The molecular weight excluding hydrogens is 382 g/mol. The lowest BCUT2D eigenvalue weighted by Gasteiger charge is -2.33. The highest BCUT2D eigenvalue weighted by Gasteiger charge is 2.42. The highest BCUT2D eigenvalue weighted by molar-refractivity contribution is 4.82. The molecule has 10 heteroatoms. The molecule has 3 N–H and O–H groups in total. The minimum absolute atomic E-state index is 0.0370. The summed E-state index contributed by atoms with van der Waals surface area (Å²) in [5.74, 6) is 0. The van der Waals surface area contributed by atoms with Gasteiger partial charge in [0, 0.05) is 23.9 Å². The van der Waals surface area contributed by atoms with Gasteiger partial charge in [0.2, 0.25) is 0 Å². The normalized spacial score (nSPS) is 15.8. The first kappa shape index (κ1) is 26.4. The van der Waals surface area contributed by atoms with E-state index in [9.17, 15) is 41.7 Å². The number of aliphatic hydroxyl groups is 3. The largest absolute Gasteiger partial charge is 0.396 e. The van der Waals surface area contributed by atoms with Crippen LogP contribution in [0.15, 0.2) is 0 Å². The number of ether oxygens (including phenoxy) is 1. The Morgan fingerprint density at radius 2 is 1.26 bits per heavy atom. The second-order valence-corrected chi connectivity index (χ2v) is 7.29. The second-order valence-electron chi connectivity index (χ2n) is 7.29. The molecule has 0 spiro atoms. The van der Waals surface area contributed by atoms with Crippen LogP contribution in [0.1, 0.15) is 51.9 Å². The molecule has 1 atom stereocenters. The Morgan fingerprint density at radius 3 is 1.67 bits per heavy atom. The molecule has 0 aromatic heterocycles. The second kappa shape index (κ2) is 11.4. The molecule has 0 saturated heterocycles. The minimum Gasteiger partial charge on any atom is -0.396 e.